The van der Waals surface area contributed by atoms with E-state index < -0.39 is 0 Å². The Kier molecular flexibility index (Phi) is 3.72. The van der Waals surface area contributed by atoms with Crippen LogP contribution < -0.4 is 0 Å². The average molecular weight is 308 g/mol. The molecule has 1 aromatic carbocycles. The van der Waals surface area contributed by atoms with E-state index in [0.29, 0.717) is 0 Å². The number of ether oxygens (including phenoxy) is 1. The van der Waals surface area contributed by atoms with Gasteiger partial charge in [-0.15, -0.1) is 0 Å². The van der Waals surface area contributed by atoms with Crippen molar-refractivity contribution in [3.8, 4) is 0 Å². The third kappa shape index (κ3) is 2.92. The first-order valence-corrected chi connectivity index (χ1v) is 8.68. The molecule has 0 atom stereocenters. The molecule has 2 aromatic rings. The van der Waals surface area contributed by atoms with Crippen molar-refractivity contribution in [2.24, 2.45) is 4.99 Å². The van der Waals surface area contributed by atoms with Gasteiger partial charge in [-0.25, -0.2) is 4.99 Å². The van der Waals surface area contributed by atoms with E-state index in [4.69, 9.17) is 9.73 Å². The number of hydrogen-bond donors (Lipinski definition) is 0. The lowest BCUT2D eigenvalue weighted by Gasteiger charge is -2.27. The van der Waals surface area contributed by atoms with Gasteiger partial charge < -0.3 is 9.30 Å². The van der Waals surface area contributed by atoms with Crippen LogP contribution in [0.4, 0.5) is 0 Å². The van der Waals surface area contributed by atoms with Crippen LogP contribution in [-0.4, -0.2) is 22.6 Å². The van der Waals surface area contributed by atoms with Gasteiger partial charge in [0, 0.05) is 12.7 Å². The molecule has 0 unspecified atom stereocenters. The predicted molar refractivity (Wildman–Crippen MR) is 93.0 cm³/mol. The minimum atomic E-state index is 0.0620. The summed E-state index contributed by atoms with van der Waals surface area (Å²) in [7, 11) is 0. The van der Waals surface area contributed by atoms with Crippen LogP contribution in [0.2, 0.25) is 0 Å². The van der Waals surface area contributed by atoms with Crippen molar-refractivity contribution >= 4 is 5.90 Å². The molecule has 4 rings (SSSR count). The van der Waals surface area contributed by atoms with Crippen molar-refractivity contribution in [2.75, 3.05) is 6.61 Å². The van der Waals surface area contributed by atoms with Gasteiger partial charge in [-0.3, -0.25) is 0 Å². The smallest absolute Gasteiger partial charge is 0.234 e. The summed E-state index contributed by atoms with van der Waals surface area (Å²) in [5, 5.41) is 0. The lowest BCUT2D eigenvalue weighted by molar-refractivity contribution is 0.207. The van der Waals surface area contributed by atoms with Crippen molar-refractivity contribution in [1.29, 1.82) is 0 Å². The quantitative estimate of drug-likeness (QED) is 0.829. The van der Waals surface area contributed by atoms with Gasteiger partial charge in [0.2, 0.25) is 5.90 Å². The summed E-state index contributed by atoms with van der Waals surface area (Å²) in [5.41, 5.74) is 3.77. The Morgan fingerprint density at radius 2 is 1.87 bits per heavy atom. The Labute approximate surface area is 138 Å². The highest BCUT2D eigenvalue weighted by Crippen LogP contribution is 2.36. The summed E-state index contributed by atoms with van der Waals surface area (Å²) >= 11 is 0. The zero-order valence-electron chi connectivity index (χ0n) is 13.8. The normalized spacial score (nSPS) is 19.6. The summed E-state index contributed by atoms with van der Waals surface area (Å²) in [6.07, 6.45) is 8.38. The molecule has 1 fully saturated rings. The number of nitrogens with zero attached hydrogens (tertiary/aromatic N) is 2. The second kappa shape index (κ2) is 5.88. The van der Waals surface area contributed by atoms with Crippen LogP contribution in [0.5, 0.6) is 0 Å². The summed E-state index contributed by atoms with van der Waals surface area (Å²) in [5.74, 6) is 0.837. The number of rotatable bonds is 3. The number of benzene rings is 1. The van der Waals surface area contributed by atoms with Crippen LogP contribution in [0.3, 0.4) is 0 Å². The molecule has 23 heavy (non-hydrogen) atoms. The molecule has 1 aliphatic heterocycles. The van der Waals surface area contributed by atoms with Crippen LogP contribution in [0.25, 0.3) is 0 Å². The molecule has 0 amide bonds. The molecule has 0 saturated heterocycles. The highest BCUT2D eigenvalue weighted by atomic mass is 16.5. The monoisotopic (exact) mass is 308 g/mol. The second-order valence-corrected chi connectivity index (χ2v) is 7.00. The Morgan fingerprint density at radius 3 is 2.65 bits per heavy atom. The zero-order valence-corrected chi connectivity index (χ0v) is 13.8. The Balaban J connectivity index is 1.57. The van der Waals surface area contributed by atoms with Crippen LogP contribution in [0, 0.1) is 6.92 Å². The number of aryl methyl sites for hydroxylation is 1. The fourth-order valence-corrected chi connectivity index (χ4v) is 3.72. The van der Waals surface area contributed by atoms with Gasteiger partial charge >= 0.3 is 0 Å². The van der Waals surface area contributed by atoms with Crippen LogP contribution >= 0.6 is 0 Å². The van der Waals surface area contributed by atoms with Crippen molar-refractivity contribution in [3.05, 3.63) is 59.4 Å². The van der Waals surface area contributed by atoms with Gasteiger partial charge in [-0.05, 0) is 37.5 Å². The Morgan fingerprint density at radius 1 is 1.09 bits per heavy atom. The van der Waals surface area contributed by atoms with E-state index >= 15 is 0 Å². The molecule has 3 nitrogen and oxygen atoms in total. The van der Waals surface area contributed by atoms with Gasteiger partial charge in [0.1, 0.15) is 12.3 Å². The minimum absolute atomic E-state index is 0.0620. The Hall–Kier alpha value is -2.03. The van der Waals surface area contributed by atoms with Crippen molar-refractivity contribution in [2.45, 2.75) is 51.1 Å². The fraction of sp³-hybridized carbons (Fsp3) is 0.450. The maximum Gasteiger partial charge on any atom is 0.234 e. The molecule has 1 spiro atoms. The first-order valence-electron chi connectivity index (χ1n) is 8.68. The van der Waals surface area contributed by atoms with E-state index in [-0.39, 0.29) is 5.54 Å². The van der Waals surface area contributed by atoms with E-state index in [2.05, 4.69) is 54.1 Å². The van der Waals surface area contributed by atoms with Crippen molar-refractivity contribution < 1.29 is 4.74 Å². The van der Waals surface area contributed by atoms with Crippen molar-refractivity contribution in [1.82, 2.24) is 4.57 Å². The number of aromatic nitrogens is 1. The number of hydrogen-bond acceptors (Lipinski definition) is 2. The SMILES string of the molecule is Cc1ccc(Cn2cccc2C2=NC3(CCCCC3)CO2)cc1. The summed E-state index contributed by atoms with van der Waals surface area (Å²) < 4.78 is 8.26. The van der Waals surface area contributed by atoms with Gasteiger partial charge in [-0.1, -0.05) is 49.1 Å². The zero-order chi connectivity index (χ0) is 15.7. The lowest BCUT2D eigenvalue weighted by atomic mass is 9.83. The van der Waals surface area contributed by atoms with E-state index in [9.17, 15) is 0 Å². The summed E-state index contributed by atoms with van der Waals surface area (Å²) in [6, 6.07) is 12.9. The maximum atomic E-state index is 6.02. The molecule has 1 saturated carbocycles. The van der Waals surface area contributed by atoms with Gasteiger partial charge in [-0.2, -0.15) is 0 Å². The fourth-order valence-electron chi connectivity index (χ4n) is 3.72. The highest BCUT2D eigenvalue weighted by Gasteiger charge is 2.38. The first kappa shape index (κ1) is 14.6. The molecule has 120 valence electrons. The van der Waals surface area contributed by atoms with Gasteiger partial charge in [0.15, 0.2) is 0 Å². The predicted octanol–water partition coefficient (Wildman–Crippen LogP) is 4.32. The molecule has 0 N–H and O–H groups in total. The Bertz CT molecular complexity index is 705. The van der Waals surface area contributed by atoms with Crippen LogP contribution in [0.15, 0.2) is 47.6 Å². The minimum Gasteiger partial charge on any atom is -0.474 e. The summed E-state index contributed by atoms with van der Waals surface area (Å²) in [6.45, 7) is 3.74. The topological polar surface area (TPSA) is 26.5 Å². The number of aliphatic imine (C=N–C) groups is 1. The van der Waals surface area contributed by atoms with E-state index in [0.717, 1.165) is 24.7 Å². The van der Waals surface area contributed by atoms with Crippen LogP contribution in [0.1, 0.15) is 48.9 Å². The largest absolute Gasteiger partial charge is 0.474 e. The third-order valence-corrected chi connectivity index (χ3v) is 5.12. The van der Waals surface area contributed by atoms with E-state index in [1.54, 1.807) is 0 Å². The average Bonchev–Trinajstić information content (AvgIpc) is 3.18. The van der Waals surface area contributed by atoms with Crippen molar-refractivity contribution in [3.63, 3.8) is 0 Å². The molecule has 0 radical (unpaired) electrons. The highest BCUT2D eigenvalue weighted by molar-refractivity contribution is 5.94. The third-order valence-electron chi connectivity index (χ3n) is 5.12. The molecular formula is C20H24N2O. The van der Waals surface area contributed by atoms with Gasteiger partial charge in [0.05, 0.1) is 5.54 Å². The second-order valence-electron chi connectivity index (χ2n) is 7.00. The summed E-state index contributed by atoms with van der Waals surface area (Å²) in [4.78, 5) is 5.01. The van der Waals surface area contributed by atoms with E-state index in [1.807, 2.05) is 0 Å². The molecular weight excluding hydrogens is 284 g/mol. The van der Waals surface area contributed by atoms with E-state index in [1.165, 1.54) is 43.2 Å². The molecule has 2 heterocycles. The molecule has 0 bridgehead atoms. The lowest BCUT2D eigenvalue weighted by Crippen LogP contribution is -2.30. The first-order chi connectivity index (χ1) is 11.2. The standard InChI is InChI=1S/C20H24N2O/c1-16-7-9-17(10-8-16)14-22-13-5-6-18(22)19-21-20(15-23-19)11-3-2-4-12-20/h5-10,13H,2-4,11-12,14-15H2,1H3. The van der Waals surface area contributed by atoms with Crippen LogP contribution in [-0.2, 0) is 11.3 Å². The molecule has 1 aromatic heterocycles. The van der Waals surface area contributed by atoms with Gasteiger partial charge in [0.25, 0.3) is 0 Å². The molecule has 2 aliphatic rings. The maximum absolute atomic E-state index is 6.02. The molecule has 3 heteroatoms. The molecule has 1 aliphatic carbocycles.